The van der Waals surface area contributed by atoms with E-state index in [1.165, 1.54) is 26.0 Å². The molecule has 9 heteroatoms. The van der Waals surface area contributed by atoms with Crippen LogP contribution in [0.2, 0.25) is 5.02 Å². The second-order valence-corrected chi connectivity index (χ2v) is 7.19. The van der Waals surface area contributed by atoms with Gasteiger partial charge in [-0.05, 0) is 26.0 Å². The third kappa shape index (κ3) is 2.76. The second-order valence-electron chi connectivity index (χ2n) is 4.78. The quantitative estimate of drug-likeness (QED) is 0.866. The Balaban J connectivity index is 2.40. The zero-order chi connectivity index (χ0) is 16.7. The molecule has 1 heterocycles. The number of aliphatic hydroxyl groups is 1. The normalized spacial score (nSPS) is 21.9. The number of nitrogens with one attached hydrogen (secondary N) is 1. The Hall–Kier alpha value is -1.80. The Bertz CT molecular complexity index is 777. The molecule has 0 fully saturated rings. The highest BCUT2D eigenvalue weighted by atomic mass is 35.5. The van der Waals surface area contributed by atoms with Crippen molar-refractivity contribution in [2.45, 2.75) is 19.4 Å². The van der Waals surface area contributed by atoms with Crippen LogP contribution in [0.5, 0.6) is 0 Å². The molecule has 0 radical (unpaired) electrons. The lowest BCUT2D eigenvalue weighted by molar-refractivity contribution is -0.131. The number of hydrogen-bond donors (Lipinski definition) is 2. The maximum Gasteiger partial charge on any atom is 0.250 e. The van der Waals surface area contributed by atoms with Crippen molar-refractivity contribution in [1.82, 2.24) is 4.72 Å². The Morgan fingerprint density at radius 1 is 1.45 bits per heavy atom. The fourth-order valence-corrected chi connectivity index (χ4v) is 2.64. The first-order valence-corrected chi connectivity index (χ1v) is 8.27. The van der Waals surface area contributed by atoms with Gasteiger partial charge in [-0.2, -0.15) is 0 Å². The van der Waals surface area contributed by atoms with E-state index in [1.807, 2.05) is 4.72 Å². The fourth-order valence-electron chi connectivity index (χ4n) is 1.89. The maximum atomic E-state index is 13.2. The summed E-state index contributed by atoms with van der Waals surface area (Å²) in [4.78, 5) is 12.2. The third-order valence-corrected chi connectivity index (χ3v) is 4.81. The van der Waals surface area contributed by atoms with Gasteiger partial charge in [0.2, 0.25) is 21.7 Å². The molecule has 0 bridgehead atoms. The molecule has 0 saturated heterocycles. The molecule has 1 aliphatic rings. The molecule has 0 aromatic heterocycles. The summed E-state index contributed by atoms with van der Waals surface area (Å²) in [5, 5.41) is 9.58. The predicted molar refractivity (Wildman–Crippen MR) is 77.1 cm³/mol. The van der Waals surface area contributed by atoms with E-state index in [0.29, 0.717) is 0 Å². The Labute approximate surface area is 131 Å². The van der Waals surface area contributed by atoms with Gasteiger partial charge in [-0.1, -0.05) is 17.7 Å². The molecule has 2 rings (SSSR count). The topological polar surface area (TPSA) is 92.7 Å². The van der Waals surface area contributed by atoms with Crippen molar-refractivity contribution < 1.29 is 27.4 Å². The molecule has 1 aliphatic heterocycles. The molecule has 1 unspecified atom stereocenters. The molecular formula is C13H13ClFNO5S. The highest BCUT2D eigenvalue weighted by Crippen LogP contribution is 2.38. The number of Topliss-reactive ketones (excluding diaryl/α,β-unsaturated/α-hetero) is 1. The van der Waals surface area contributed by atoms with Gasteiger partial charge in [-0.15, -0.1) is 0 Å². The zero-order valence-corrected chi connectivity index (χ0v) is 13.3. The van der Waals surface area contributed by atoms with Crippen molar-refractivity contribution in [2.75, 3.05) is 5.75 Å². The van der Waals surface area contributed by atoms with Gasteiger partial charge in [0.05, 0.1) is 10.8 Å². The summed E-state index contributed by atoms with van der Waals surface area (Å²) < 4.78 is 43.6. The standard InChI is InChI=1S/C13H13ClFNO5S/c1-3-22(19,20)16-12-10(17)11(18)13(2,21-12)7-4-5-9(15)8(14)6-7/h4-6,16-17H,3H2,1-2H3. The lowest BCUT2D eigenvalue weighted by Crippen LogP contribution is -2.32. The maximum absolute atomic E-state index is 13.2. The number of hydrogen-bond acceptors (Lipinski definition) is 5. The Morgan fingerprint density at radius 2 is 2.09 bits per heavy atom. The van der Waals surface area contributed by atoms with Gasteiger partial charge in [0, 0.05) is 5.56 Å². The summed E-state index contributed by atoms with van der Waals surface area (Å²) in [5.41, 5.74) is -1.52. The number of carbonyl (C=O) groups excluding carboxylic acids is 1. The van der Waals surface area contributed by atoms with E-state index in [9.17, 15) is 22.7 Å². The van der Waals surface area contributed by atoms with E-state index in [1.54, 1.807) is 0 Å². The monoisotopic (exact) mass is 349 g/mol. The summed E-state index contributed by atoms with van der Waals surface area (Å²) in [5.74, 6) is -3.21. The highest BCUT2D eigenvalue weighted by molar-refractivity contribution is 7.89. The number of halogens is 2. The molecule has 1 aromatic carbocycles. The first-order valence-electron chi connectivity index (χ1n) is 6.24. The number of ether oxygens (including phenoxy) is 1. The van der Waals surface area contributed by atoms with Crippen molar-refractivity contribution in [3.63, 3.8) is 0 Å². The van der Waals surface area contributed by atoms with Crippen molar-refractivity contribution in [3.05, 3.63) is 46.2 Å². The SMILES string of the molecule is CCS(=O)(=O)NC1=C(O)C(=O)C(C)(c2ccc(F)c(Cl)c2)O1. The minimum Gasteiger partial charge on any atom is -0.501 e. The number of rotatable bonds is 4. The molecule has 0 saturated carbocycles. The first-order chi connectivity index (χ1) is 10.1. The molecule has 0 amide bonds. The summed E-state index contributed by atoms with van der Waals surface area (Å²) in [6.45, 7) is 2.71. The molecule has 6 nitrogen and oxygen atoms in total. The zero-order valence-electron chi connectivity index (χ0n) is 11.7. The molecule has 22 heavy (non-hydrogen) atoms. The smallest absolute Gasteiger partial charge is 0.250 e. The summed E-state index contributed by atoms with van der Waals surface area (Å²) in [7, 11) is -3.74. The molecule has 0 spiro atoms. The molecule has 1 atom stereocenters. The van der Waals surface area contributed by atoms with Crippen molar-refractivity contribution >= 4 is 27.4 Å². The average molecular weight is 350 g/mol. The lowest BCUT2D eigenvalue weighted by Gasteiger charge is -2.23. The van der Waals surface area contributed by atoms with E-state index in [0.717, 1.165) is 6.07 Å². The second kappa shape index (κ2) is 5.44. The minimum absolute atomic E-state index is 0.182. The van der Waals surface area contributed by atoms with Gasteiger partial charge >= 0.3 is 0 Å². The lowest BCUT2D eigenvalue weighted by atomic mass is 9.91. The van der Waals surface area contributed by atoms with Gasteiger partial charge in [0.1, 0.15) is 5.82 Å². The molecule has 120 valence electrons. The van der Waals surface area contributed by atoms with Gasteiger partial charge < -0.3 is 9.84 Å². The average Bonchev–Trinajstić information content (AvgIpc) is 2.67. The van der Waals surface area contributed by atoms with Crippen LogP contribution in [0.25, 0.3) is 0 Å². The number of carbonyl (C=O) groups is 1. The van der Waals surface area contributed by atoms with E-state index < -0.39 is 38.9 Å². The minimum atomic E-state index is -3.74. The number of aliphatic hydroxyl groups excluding tert-OH is 1. The first kappa shape index (κ1) is 16.6. The Morgan fingerprint density at radius 3 is 2.64 bits per heavy atom. The van der Waals surface area contributed by atoms with Gasteiger partial charge in [0.25, 0.3) is 5.78 Å². The largest absolute Gasteiger partial charge is 0.501 e. The van der Waals surface area contributed by atoms with Crippen LogP contribution in [0.4, 0.5) is 4.39 Å². The van der Waals surface area contributed by atoms with Crippen LogP contribution in [-0.2, 0) is 25.2 Å². The summed E-state index contributed by atoms with van der Waals surface area (Å²) in [6.07, 6.45) is 0. The summed E-state index contributed by atoms with van der Waals surface area (Å²) >= 11 is 5.67. The van der Waals surface area contributed by atoms with Gasteiger partial charge in [-0.25, -0.2) is 12.8 Å². The van der Waals surface area contributed by atoms with Crippen LogP contribution < -0.4 is 4.72 Å². The summed E-state index contributed by atoms with van der Waals surface area (Å²) in [6, 6.07) is 3.49. The van der Waals surface area contributed by atoms with E-state index >= 15 is 0 Å². The van der Waals surface area contributed by atoms with E-state index in [2.05, 4.69) is 0 Å². The van der Waals surface area contributed by atoms with Crippen LogP contribution in [0.15, 0.2) is 29.8 Å². The van der Waals surface area contributed by atoms with Gasteiger partial charge in [-0.3, -0.25) is 9.52 Å². The molecule has 2 N–H and O–H groups in total. The Kier molecular flexibility index (Phi) is 4.09. The number of benzene rings is 1. The predicted octanol–water partition coefficient (Wildman–Crippen LogP) is 1.96. The van der Waals surface area contributed by atoms with Crippen molar-refractivity contribution in [3.8, 4) is 0 Å². The molecule has 0 aliphatic carbocycles. The van der Waals surface area contributed by atoms with Crippen LogP contribution >= 0.6 is 11.6 Å². The fraction of sp³-hybridized carbons (Fsp3) is 0.308. The van der Waals surface area contributed by atoms with E-state index in [4.69, 9.17) is 16.3 Å². The van der Waals surface area contributed by atoms with Crippen LogP contribution in [-0.4, -0.2) is 25.1 Å². The molecule has 1 aromatic rings. The third-order valence-electron chi connectivity index (χ3n) is 3.27. The van der Waals surface area contributed by atoms with Crippen molar-refractivity contribution in [2.24, 2.45) is 0 Å². The number of sulfonamides is 1. The van der Waals surface area contributed by atoms with Crippen LogP contribution in [0.3, 0.4) is 0 Å². The van der Waals surface area contributed by atoms with Crippen molar-refractivity contribution in [1.29, 1.82) is 0 Å². The van der Waals surface area contributed by atoms with Crippen LogP contribution in [0.1, 0.15) is 19.4 Å². The molecular weight excluding hydrogens is 337 g/mol. The highest BCUT2D eigenvalue weighted by Gasteiger charge is 2.48. The van der Waals surface area contributed by atoms with Crippen LogP contribution in [0, 0.1) is 5.82 Å². The van der Waals surface area contributed by atoms with E-state index in [-0.39, 0.29) is 16.3 Å². The number of ketones is 1. The van der Waals surface area contributed by atoms with Gasteiger partial charge in [0.15, 0.2) is 5.60 Å².